The van der Waals surface area contributed by atoms with Gasteiger partial charge in [0.25, 0.3) is 0 Å². The highest BCUT2D eigenvalue weighted by atomic mass is 79.9. The van der Waals surface area contributed by atoms with Crippen molar-refractivity contribution >= 4 is 31.6 Å². The Morgan fingerprint density at radius 2 is 2.10 bits per heavy atom. The van der Waals surface area contributed by atoms with E-state index in [0.717, 1.165) is 21.3 Å². The van der Waals surface area contributed by atoms with Crippen molar-refractivity contribution in [1.82, 2.24) is 9.78 Å². The molecule has 2 N–H and O–H groups in total. The third kappa shape index (κ3) is 2.60. The Balaban J connectivity index is 2.07. The van der Waals surface area contributed by atoms with Crippen LogP contribution in [-0.2, 0) is 9.84 Å². The fourth-order valence-corrected chi connectivity index (χ4v) is 4.85. The first-order chi connectivity index (χ1) is 9.89. The Hall–Kier alpha value is -1.34. The van der Waals surface area contributed by atoms with E-state index in [1.807, 2.05) is 31.2 Å². The summed E-state index contributed by atoms with van der Waals surface area (Å²) in [4.78, 5) is 0. The minimum atomic E-state index is -2.96. The Kier molecular flexibility index (Phi) is 3.57. The number of nitrogen functional groups attached to an aromatic ring is 1. The fraction of sp³-hybridized carbons (Fsp3) is 0.357. The van der Waals surface area contributed by atoms with Crippen LogP contribution in [0.4, 0.5) is 5.82 Å². The molecular formula is C14H16BrN3O2S. The number of rotatable bonds is 2. The second kappa shape index (κ2) is 5.14. The lowest BCUT2D eigenvalue weighted by atomic mass is 10.1. The first-order valence-corrected chi connectivity index (χ1v) is 9.30. The predicted molar refractivity (Wildman–Crippen MR) is 86.8 cm³/mol. The summed E-state index contributed by atoms with van der Waals surface area (Å²) in [6, 6.07) is 7.63. The van der Waals surface area contributed by atoms with Gasteiger partial charge in [0.15, 0.2) is 9.84 Å². The van der Waals surface area contributed by atoms with Crippen LogP contribution in [0.5, 0.6) is 0 Å². The van der Waals surface area contributed by atoms with Gasteiger partial charge in [0.1, 0.15) is 5.82 Å². The third-order valence-corrected chi connectivity index (χ3v) is 6.32. The van der Waals surface area contributed by atoms with Crippen molar-refractivity contribution in [2.45, 2.75) is 19.4 Å². The molecule has 1 fully saturated rings. The van der Waals surface area contributed by atoms with Crippen molar-refractivity contribution in [3.8, 4) is 11.3 Å². The molecule has 0 amide bonds. The molecule has 1 aliphatic heterocycles. The first-order valence-electron chi connectivity index (χ1n) is 6.69. The second-order valence-electron chi connectivity index (χ2n) is 5.34. The van der Waals surface area contributed by atoms with Gasteiger partial charge < -0.3 is 5.73 Å². The van der Waals surface area contributed by atoms with Gasteiger partial charge in [0.2, 0.25) is 0 Å². The number of sulfone groups is 1. The van der Waals surface area contributed by atoms with Crippen LogP contribution in [-0.4, -0.2) is 29.7 Å². The number of nitrogens with two attached hydrogens (primary N) is 1. The largest absolute Gasteiger partial charge is 0.384 e. The zero-order valence-corrected chi connectivity index (χ0v) is 14.0. The van der Waals surface area contributed by atoms with Gasteiger partial charge >= 0.3 is 0 Å². The van der Waals surface area contributed by atoms with E-state index in [0.29, 0.717) is 12.2 Å². The Morgan fingerprint density at radius 1 is 1.38 bits per heavy atom. The average molecular weight is 370 g/mol. The number of halogens is 1. The van der Waals surface area contributed by atoms with Crippen LogP contribution >= 0.6 is 15.9 Å². The molecule has 0 aliphatic carbocycles. The number of hydrogen-bond donors (Lipinski definition) is 1. The number of benzene rings is 1. The maximum absolute atomic E-state index is 11.7. The highest BCUT2D eigenvalue weighted by Gasteiger charge is 2.32. The zero-order chi connectivity index (χ0) is 15.2. The normalized spacial score (nSPS) is 20.8. The molecule has 112 valence electrons. The molecule has 2 aromatic rings. The van der Waals surface area contributed by atoms with Gasteiger partial charge in [0, 0.05) is 15.6 Å². The Bertz CT molecular complexity index is 799. The van der Waals surface area contributed by atoms with E-state index in [1.54, 1.807) is 4.68 Å². The number of hydrogen-bond acceptors (Lipinski definition) is 4. The van der Waals surface area contributed by atoms with E-state index < -0.39 is 9.84 Å². The molecule has 1 aromatic carbocycles. The quantitative estimate of drug-likeness (QED) is 0.881. The van der Waals surface area contributed by atoms with Crippen molar-refractivity contribution < 1.29 is 8.42 Å². The van der Waals surface area contributed by atoms with E-state index in [9.17, 15) is 8.42 Å². The van der Waals surface area contributed by atoms with Gasteiger partial charge in [-0.3, -0.25) is 0 Å². The molecule has 1 unspecified atom stereocenters. The van der Waals surface area contributed by atoms with Gasteiger partial charge in [-0.25, -0.2) is 13.1 Å². The van der Waals surface area contributed by atoms with Gasteiger partial charge in [0.05, 0.1) is 23.2 Å². The minimum absolute atomic E-state index is 0.119. The summed E-state index contributed by atoms with van der Waals surface area (Å²) in [5.74, 6) is 0.872. The number of aromatic nitrogens is 2. The monoisotopic (exact) mass is 369 g/mol. The molecule has 0 radical (unpaired) electrons. The molecule has 7 heteroatoms. The van der Waals surface area contributed by atoms with Crippen molar-refractivity contribution in [3.63, 3.8) is 0 Å². The van der Waals surface area contributed by atoms with Crippen molar-refractivity contribution in [1.29, 1.82) is 0 Å². The van der Waals surface area contributed by atoms with Crippen LogP contribution < -0.4 is 5.73 Å². The summed E-state index contributed by atoms with van der Waals surface area (Å²) in [6.07, 6.45) is 0.572. The molecule has 5 nitrogen and oxygen atoms in total. The van der Waals surface area contributed by atoms with E-state index in [1.165, 1.54) is 0 Å². The summed E-state index contributed by atoms with van der Waals surface area (Å²) >= 11 is 3.52. The summed E-state index contributed by atoms with van der Waals surface area (Å²) in [7, 11) is -2.96. The summed E-state index contributed by atoms with van der Waals surface area (Å²) < 4.78 is 25.9. The van der Waals surface area contributed by atoms with Crippen LogP contribution in [0.1, 0.15) is 18.0 Å². The number of anilines is 1. The van der Waals surface area contributed by atoms with Crippen LogP contribution in [0, 0.1) is 6.92 Å². The minimum Gasteiger partial charge on any atom is -0.384 e. The van der Waals surface area contributed by atoms with Crippen LogP contribution in [0.2, 0.25) is 0 Å². The van der Waals surface area contributed by atoms with Crippen LogP contribution in [0.3, 0.4) is 0 Å². The highest BCUT2D eigenvalue weighted by Crippen LogP contribution is 2.35. The lowest BCUT2D eigenvalue weighted by molar-refractivity contribution is 0.508. The third-order valence-electron chi connectivity index (χ3n) is 3.88. The molecule has 21 heavy (non-hydrogen) atoms. The SMILES string of the molecule is Cc1c(-c2ccccc2Br)nn(C2CCS(=O)(=O)C2)c1N. The molecule has 3 rings (SSSR count). The molecule has 0 saturated carbocycles. The molecule has 1 aromatic heterocycles. The smallest absolute Gasteiger partial charge is 0.152 e. The molecular weight excluding hydrogens is 354 g/mol. The van der Waals surface area contributed by atoms with Gasteiger partial charge in [-0.15, -0.1) is 0 Å². The Morgan fingerprint density at radius 3 is 2.71 bits per heavy atom. The topological polar surface area (TPSA) is 78.0 Å². The molecule has 0 bridgehead atoms. The predicted octanol–water partition coefficient (Wildman–Crippen LogP) is 2.56. The molecule has 0 spiro atoms. The highest BCUT2D eigenvalue weighted by molar-refractivity contribution is 9.10. The van der Waals surface area contributed by atoms with E-state index >= 15 is 0 Å². The Labute approximate surface area is 132 Å². The van der Waals surface area contributed by atoms with Crippen molar-refractivity contribution in [3.05, 3.63) is 34.3 Å². The van der Waals surface area contributed by atoms with Crippen molar-refractivity contribution in [2.24, 2.45) is 0 Å². The molecule has 1 saturated heterocycles. The van der Waals surface area contributed by atoms with Gasteiger partial charge in [-0.1, -0.05) is 34.1 Å². The average Bonchev–Trinajstić information content (AvgIpc) is 2.93. The maximum Gasteiger partial charge on any atom is 0.152 e. The molecule has 2 heterocycles. The van der Waals surface area contributed by atoms with E-state index in [-0.39, 0.29) is 17.5 Å². The molecule has 1 aliphatic rings. The molecule has 1 atom stereocenters. The maximum atomic E-state index is 11.7. The lowest BCUT2D eigenvalue weighted by Crippen LogP contribution is -2.14. The van der Waals surface area contributed by atoms with Crippen molar-refractivity contribution in [2.75, 3.05) is 17.2 Å². The second-order valence-corrected chi connectivity index (χ2v) is 8.42. The summed E-state index contributed by atoms with van der Waals surface area (Å²) in [5, 5.41) is 4.59. The summed E-state index contributed by atoms with van der Waals surface area (Å²) in [5.41, 5.74) is 8.79. The lowest BCUT2D eigenvalue weighted by Gasteiger charge is -2.10. The summed E-state index contributed by atoms with van der Waals surface area (Å²) in [6.45, 7) is 1.91. The van der Waals surface area contributed by atoms with Crippen LogP contribution in [0.15, 0.2) is 28.7 Å². The van der Waals surface area contributed by atoms with Gasteiger partial charge in [-0.2, -0.15) is 5.10 Å². The zero-order valence-electron chi connectivity index (χ0n) is 11.6. The van der Waals surface area contributed by atoms with E-state index in [4.69, 9.17) is 5.73 Å². The fourth-order valence-electron chi connectivity index (χ4n) is 2.69. The van der Waals surface area contributed by atoms with Crippen LogP contribution in [0.25, 0.3) is 11.3 Å². The standard InChI is InChI=1S/C14H16BrN3O2S/c1-9-13(11-4-2-3-5-12(11)15)17-18(14(9)16)10-6-7-21(19,20)8-10/h2-5,10H,6-8,16H2,1H3. The number of nitrogens with zero attached hydrogens (tertiary/aromatic N) is 2. The van der Waals surface area contributed by atoms with Gasteiger partial charge in [-0.05, 0) is 19.4 Å². The first kappa shape index (κ1) is 14.6. The van der Waals surface area contributed by atoms with E-state index in [2.05, 4.69) is 21.0 Å².